The smallest absolute Gasteiger partial charge is 0.541 e. The summed E-state index contributed by atoms with van der Waals surface area (Å²) >= 11 is 2.94. The Morgan fingerprint density at radius 3 is 2.53 bits per heavy atom. The van der Waals surface area contributed by atoms with Crippen molar-refractivity contribution in [3.8, 4) is 0 Å². The van der Waals surface area contributed by atoms with E-state index in [1.807, 2.05) is 0 Å². The maximum Gasteiger partial charge on any atom is 0.541 e. The molecule has 1 aromatic carbocycles. The van der Waals surface area contributed by atoms with E-state index < -0.39 is 17.6 Å². The van der Waals surface area contributed by atoms with Gasteiger partial charge in [-0.15, -0.1) is 0 Å². The van der Waals surface area contributed by atoms with E-state index in [0.717, 1.165) is 18.2 Å². The van der Waals surface area contributed by atoms with Crippen LogP contribution in [0.5, 0.6) is 0 Å². The monoisotopic (exact) mass is 273 g/mol. The number of hydrogen-bond acceptors (Lipinski definition) is 2. The summed E-state index contributed by atoms with van der Waals surface area (Å²) in [6, 6.07) is 3.77. The lowest BCUT2D eigenvalue weighted by Crippen LogP contribution is -1.97. The van der Waals surface area contributed by atoms with Gasteiger partial charge in [0.2, 0.25) is 0 Å². The predicted octanol–water partition coefficient (Wildman–Crippen LogP) is 1.58. The summed E-state index contributed by atoms with van der Waals surface area (Å²) in [7, 11) is 0. The van der Waals surface area contributed by atoms with Crippen molar-refractivity contribution in [2.75, 3.05) is 0 Å². The Hall–Kier alpha value is -1.49. The second-order valence-electron chi connectivity index (χ2n) is 2.69. The molecule has 2 N–H and O–H groups in total. The number of hydrogen-bond donors (Lipinski definition) is 0. The van der Waals surface area contributed by atoms with E-state index in [1.165, 1.54) is 12.1 Å². The molecule has 0 spiro atoms. The molecule has 0 aliphatic rings. The van der Waals surface area contributed by atoms with Crippen molar-refractivity contribution in [3.63, 3.8) is 0 Å². The number of ketones is 1. The first-order chi connectivity index (χ1) is 7.00. The van der Waals surface area contributed by atoms with Gasteiger partial charge in [-0.3, -0.25) is 4.79 Å². The highest BCUT2D eigenvalue weighted by Gasteiger charge is 2.07. The molecule has 0 heterocycles. The van der Waals surface area contributed by atoms with Crippen molar-refractivity contribution in [1.82, 2.24) is 0 Å². The van der Waals surface area contributed by atoms with E-state index in [-0.39, 0.29) is 10.0 Å². The minimum absolute atomic E-state index is 0.180. The van der Waals surface area contributed by atoms with Crippen LogP contribution in [0.15, 0.2) is 34.8 Å². The van der Waals surface area contributed by atoms with Gasteiger partial charge in [-0.2, -0.15) is 0 Å². The number of rotatable bonds is 3. The lowest BCUT2D eigenvalue weighted by Gasteiger charge is -1.97. The van der Waals surface area contributed by atoms with Gasteiger partial charge in [0.1, 0.15) is 5.82 Å². The van der Waals surface area contributed by atoms with Crippen molar-refractivity contribution in [1.29, 1.82) is 0 Å². The molecule has 0 aliphatic carbocycles. The van der Waals surface area contributed by atoms with E-state index in [2.05, 4.69) is 15.9 Å². The maximum atomic E-state index is 12.8. The third kappa shape index (κ3) is 3.28. The number of benzene rings is 1. The first-order valence-electron chi connectivity index (χ1n) is 3.93. The van der Waals surface area contributed by atoms with Gasteiger partial charge in [0.05, 0.1) is 10.5 Å². The number of carbonyl (C=O) groups is 2. The summed E-state index contributed by atoms with van der Waals surface area (Å²) in [5.41, 5.74) is 0.251. The van der Waals surface area contributed by atoms with Gasteiger partial charge in [-0.05, 0) is 40.2 Å². The van der Waals surface area contributed by atoms with Gasteiger partial charge in [-0.1, -0.05) is 0 Å². The Labute approximate surface area is 93.4 Å². The normalized spacial score (nSPS) is 10.5. The molecule has 15 heavy (non-hydrogen) atoms. The summed E-state index contributed by atoms with van der Waals surface area (Å²) in [6.45, 7) is 0. The minimum Gasteiger partial charge on any atom is -0.561 e. The molecule has 78 valence electrons. The zero-order valence-corrected chi connectivity index (χ0v) is 9.05. The standard InChI is InChI=1S/C10H6BrFO3/c11-7-5-6(1-2-8(7)12)9(13)3-4-10(14)15/h1-5H,(H,14,15)/p+1/b4-3+. The van der Waals surface area contributed by atoms with E-state index in [4.69, 9.17) is 5.11 Å². The Bertz CT molecular complexity index is 440. The number of carbonyl (C=O) groups excluding carboxylic acids is 2. The van der Waals surface area contributed by atoms with E-state index in [9.17, 15) is 14.0 Å². The maximum absolute atomic E-state index is 12.8. The quantitative estimate of drug-likeness (QED) is 0.477. The molecule has 1 rings (SSSR count). The summed E-state index contributed by atoms with van der Waals surface area (Å²) in [4.78, 5) is 21.6. The van der Waals surface area contributed by atoms with Crippen LogP contribution in [-0.2, 0) is 4.79 Å². The Balaban J connectivity index is 2.92. The molecule has 0 aliphatic heterocycles. The van der Waals surface area contributed by atoms with E-state index in [1.54, 1.807) is 0 Å². The van der Waals surface area contributed by atoms with Crippen LogP contribution in [0, 0.1) is 5.82 Å². The van der Waals surface area contributed by atoms with Crippen LogP contribution in [0.3, 0.4) is 0 Å². The molecule has 0 bridgehead atoms. The molecule has 1 aromatic rings. The van der Waals surface area contributed by atoms with Crippen molar-refractivity contribution < 1.29 is 19.1 Å². The van der Waals surface area contributed by atoms with Gasteiger partial charge in [-0.25, -0.2) is 4.39 Å². The average Bonchev–Trinajstić information content (AvgIpc) is 2.18. The fraction of sp³-hybridized carbons (Fsp3) is 0. The zero-order chi connectivity index (χ0) is 11.4. The number of allylic oxidation sites excluding steroid dienone is 1. The van der Waals surface area contributed by atoms with Crippen molar-refractivity contribution >= 4 is 27.7 Å². The van der Waals surface area contributed by atoms with Gasteiger partial charge < -0.3 is 5.11 Å². The first kappa shape index (κ1) is 11.6. The highest BCUT2D eigenvalue weighted by molar-refractivity contribution is 9.10. The molecule has 0 saturated heterocycles. The lowest BCUT2D eigenvalue weighted by atomic mass is 10.1. The van der Waals surface area contributed by atoms with Crippen LogP contribution in [0.2, 0.25) is 0 Å². The predicted molar refractivity (Wildman–Crippen MR) is 56.2 cm³/mol. The third-order valence-electron chi connectivity index (χ3n) is 1.59. The van der Waals surface area contributed by atoms with Crippen molar-refractivity contribution in [3.05, 3.63) is 46.2 Å². The summed E-state index contributed by atoms with van der Waals surface area (Å²) in [5.74, 6) is -1.87. The van der Waals surface area contributed by atoms with Crippen LogP contribution < -0.4 is 0 Å². The first-order valence-corrected chi connectivity index (χ1v) is 4.73. The van der Waals surface area contributed by atoms with Gasteiger partial charge in [0, 0.05) is 10.4 Å². The lowest BCUT2D eigenvalue weighted by molar-refractivity contribution is -0.131. The van der Waals surface area contributed by atoms with Crippen LogP contribution in [-0.4, -0.2) is 16.9 Å². The Morgan fingerprint density at radius 1 is 1.33 bits per heavy atom. The summed E-state index contributed by atoms with van der Waals surface area (Å²) in [6.07, 6.45) is 1.83. The molecule has 0 fully saturated rings. The molecule has 0 atom stereocenters. The molecule has 3 nitrogen and oxygen atoms in total. The minimum atomic E-state index is -0.954. The third-order valence-corrected chi connectivity index (χ3v) is 2.20. The van der Waals surface area contributed by atoms with Crippen molar-refractivity contribution in [2.24, 2.45) is 0 Å². The largest absolute Gasteiger partial charge is 0.561 e. The average molecular weight is 274 g/mol. The van der Waals surface area contributed by atoms with E-state index in [0.29, 0.717) is 0 Å². The fourth-order valence-electron chi connectivity index (χ4n) is 0.897. The molecule has 0 saturated carbocycles. The fourth-order valence-corrected chi connectivity index (χ4v) is 1.28. The molecule has 0 unspecified atom stereocenters. The second kappa shape index (κ2) is 4.84. The molecule has 0 amide bonds. The van der Waals surface area contributed by atoms with Crippen LogP contribution in [0.1, 0.15) is 10.4 Å². The molecular weight excluding hydrogens is 267 g/mol. The van der Waals surface area contributed by atoms with Gasteiger partial charge >= 0.3 is 5.97 Å². The SMILES string of the molecule is O=C([OH2+])/C=C/C(=O)c1ccc(F)c(Br)c1. The molecule has 0 radical (unpaired) electrons. The highest BCUT2D eigenvalue weighted by atomic mass is 79.9. The highest BCUT2D eigenvalue weighted by Crippen LogP contribution is 2.17. The van der Waals surface area contributed by atoms with Gasteiger partial charge in [0.25, 0.3) is 0 Å². The Morgan fingerprint density at radius 2 is 2.00 bits per heavy atom. The molecular formula is C10H7BrFO3+. The molecule has 5 heteroatoms. The van der Waals surface area contributed by atoms with Crippen LogP contribution >= 0.6 is 15.9 Å². The van der Waals surface area contributed by atoms with Crippen LogP contribution in [0.25, 0.3) is 0 Å². The second-order valence-corrected chi connectivity index (χ2v) is 3.55. The summed E-state index contributed by atoms with van der Waals surface area (Å²) < 4.78 is 13.0. The van der Waals surface area contributed by atoms with Crippen LogP contribution in [0.4, 0.5) is 4.39 Å². The number of halogens is 2. The Kier molecular flexibility index (Phi) is 3.74. The van der Waals surface area contributed by atoms with E-state index >= 15 is 0 Å². The molecule has 0 aromatic heterocycles. The zero-order valence-electron chi connectivity index (χ0n) is 7.46. The topological polar surface area (TPSA) is 57.0 Å². The van der Waals surface area contributed by atoms with Gasteiger partial charge in [0.15, 0.2) is 5.78 Å². The summed E-state index contributed by atoms with van der Waals surface area (Å²) in [5, 5.41) is 6.56. The van der Waals surface area contributed by atoms with Crippen molar-refractivity contribution in [2.45, 2.75) is 0 Å².